The predicted octanol–water partition coefficient (Wildman–Crippen LogP) is -0.363. The monoisotopic (exact) mass is 292 g/mol. The number of rotatable bonds is 4. The van der Waals surface area contributed by atoms with Crippen LogP contribution in [0.4, 0.5) is 0 Å². The fourth-order valence-electron chi connectivity index (χ4n) is 1.68. The molecule has 1 rings (SSSR count). The summed E-state index contributed by atoms with van der Waals surface area (Å²) in [6, 6.07) is -1.22. The minimum absolute atomic E-state index is 0.159. The van der Waals surface area contributed by atoms with Crippen LogP contribution >= 0.6 is 0 Å². The lowest BCUT2D eigenvalue weighted by Gasteiger charge is -2.32. The second-order valence-electron chi connectivity index (χ2n) is 5.83. The van der Waals surface area contributed by atoms with Crippen LogP contribution in [0.2, 0.25) is 0 Å². The zero-order valence-corrected chi connectivity index (χ0v) is 12.2. The van der Waals surface area contributed by atoms with Crippen molar-refractivity contribution in [3.05, 3.63) is 0 Å². The molecule has 1 amide bonds. The molecule has 1 saturated heterocycles. The van der Waals surface area contributed by atoms with Crippen molar-refractivity contribution in [3.63, 3.8) is 0 Å². The molecule has 19 heavy (non-hydrogen) atoms. The topological polar surface area (TPSA) is 104 Å². The van der Waals surface area contributed by atoms with Crippen molar-refractivity contribution >= 4 is 21.9 Å². The maximum atomic E-state index is 12.2. The lowest BCUT2D eigenvalue weighted by atomic mass is 9.94. The van der Waals surface area contributed by atoms with Crippen LogP contribution in [0.1, 0.15) is 27.2 Å². The SMILES string of the molecule is CC(C)(C)CCS(=O)(=O)N1CC(=O)NCC1C(=O)O. The lowest BCUT2D eigenvalue weighted by Crippen LogP contribution is -2.59. The van der Waals surface area contributed by atoms with E-state index in [0.717, 1.165) is 4.31 Å². The molecule has 0 aliphatic carbocycles. The first-order chi connectivity index (χ1) is 8.53. The van der Waals surface area contributed by atoms with Gasteiger partial charge in [0.05, 0.1) is 12.3 Å². The molecule has 7 nitrogen and oxygen atoms in total. The molecule has 1 unspecified atom stereocenters. The highest BCUT2D eigenvalue weighted by Crippen LogP contribution is 2.21. The van der Waals surface area contributed by atoms with E-state index in [9.17, 15) is 18.0 Å². The van der Waals surface area contributed by atoms with Crippen LogP contribution in [0.15, 0.2) is 0 Å². The van der Waals surface area contributed by atoms with Gasteiger partial charge in [0.25, 0.3) is 0 Å². The van der Waals surface area contributed by atoms with Crippen LogP contribution in [-0.4, -0.2) is 54.6 Å². The van der Waals surface area contributed by atoms with E-state index in [0.29, 0.717) is 6.42 Å². The van der Waals surface area contributed by atoms with Gasteiger partial charge in [0.1, 0.15) is 6.04 Å². The van der Waals surface area contributed by atoms with Gasteiger partial charge in [-0.1, -0.05) is 20.8 Å². The lowest BCUT2D eigenvalue weighted by molar-refractivity contribution is -0.143. The maximum absolute atomic E-state index is 12.2. The highest BCUT2D eigenvalue weighted by molar-refractivity contribution is 7.89. The minimum Gasteiger partial charge on any atom is -0.480 e. The Labute approximate surface area is 113 Å². The van der Waals surface area contributed by atoms with E-state index in [1.807, 2.05) is 20.8 Å². The first kappa shape index (κ1) is 15.9. The molecule has 8 heteroatoms. The Hall–Kier alpha value is -1.15. The summed E-state index contributed by atoms with van der Waals surface area (Å²) in [6.07, 6.45) is 0.403. The van der Waals surface area contributed by atoms with Gasteiger partial charge in [-0.25, -0.2) is 8.42 Å². The van der Waals surface area contributed by atoms with Crippen molar-refractivity contribution in [2.75, 3.05) is 18.8 Å². The van der Waals surface area contributed by atoms with Crippen LogP contribution < -0.4 is 5.32 Å². The molecule has 1 aliphatic rings. The number of sulfonamides is 1. The van der Waals surface area contributed by atoms with Crippen molar-refractivity contribution in [1.82, 2.24) is 9.62 Å². The quantitative estimate of drug-likeness (QED) is 0.736. The predicted molar refractivity (Wildman–Crippen MR) is 69.0 cm³/mol. The van der Waals surface area contributed by atoms with E-state index in [4.69, 9.17) is 5.11 Å². The highest BCUT2D eigenvalue weighted by Gasteiger charge is 2.39. The average Bonchev–Trinajstić information content (AvgIpc) is 2.25. The van der Waals surface area contributed by atoms with Gasteiger partial charge in [0, 0.05) is 6.54 Å². The third-order valence-electron chi connectivity index (χ3n) is 2.89. The zero-order valence-electron chi connectivity index (χ0n) is 11.3. The summed E-state index contributed by atoms with van der Waals surface area (Å²) in [5, 5.41) is 11.4. The second kappa shape index (κ2) is 5.46. The summed E-state index contributed by atoms with van der Waals surface area (Å²) >= 11 is 0. The van der Waals surface area contributed by atoms with Gasteiger partial charge < -0.3 is 10.4 Å². The first-order valence-corrected chi connectivity index (χ1v) is 7.63. The average molecular weight is 292 g/mol. The number of carbonyl (C=O) groups is 2. The number of hydrogen-bond donors (Lipinski definition) is 2. The molecule has 2 N–H and O–H groups in total. The number of carboxylic acids is 1. The van der Waals surface area contributed by atoms with E-state index in [1.54, 1.807) is 0 Å². The Balaban J connectivity index is 2.89. The molecule has 110 valence electrons. The normalized spacial score (nSPS) is 22.1. The fraction of sp³-hybridized carbons (Fsp3) is 0.818. The molecule has 0 spiro atoms. The standard InChI is InChI=1S/C11H20N2O5S/c1-11(2,3)4-5-19(17,18)13-7-9(14)12-6-8(13)10(15)16/h8H,4-7H2,1-3H3,(H,12,14)(H,15,16). The number of amides is 1. The van der Waals surface area contributed by atoms with Crippen molar-refractivity contribution in [2.45, 2.75) is 33.2 Å². The number of carboxylic acid groups (broad SMARTS) is 1. The molecule has 1 aliphatic heterocycles. The van der Waals surface area contributed by atoms with E-state index >= 15 is 0 Å². The van der Waals surface area contributed by atoms with Crippen LogP contribution in [-0.2, 0) is 19.6 Å². The Kier molecular flexibility index (Phi) is 4.57. The second-order valence-corrected chi connectivity index (χ2v) is 7.87. The molecule has 0 aromatic heterocycles. The summed E-state index contributed by atoms with van der Waals surface area (Å²) in [6.45, 7) is 5.09. The summed E-state index contributed by atoms with van der Waals surface area (Å²) in [5.74, 6) is -1.88. The summed E-state index contributed by atoms with van der Waals surface area (Å²) in [4.78, 5) is 22.3. The van der Waals surface area contributed by atoms with Gasteiger partial charge in [0.15, 0.2) is 0 Å². The number of piperazine rings is 1. The van der Waals surface area contributed by atoms with Gasteiger partial charge in [-0.15, -0.1) is 0 Å². The van der Waals surface area contributed by atoms with Gasteiger partial charge >= 0.3 is 5.97 Å². The third-order valence-corrected chi connectivity index (χ3v) is 4.71. The van der Waals surface area contributed by atoms with Crippen molar-refractivity contribution in [3.8, 4) is 0 Å². The molecular weight excluding hydrogens is 272 g/mol. The highest BCUT2D eigenvalue weighted by atomic mass is 32.2. The third kappa shape index (κ3) is 4.46. The number of carbonyl (C=O) groups excluding carboxylic acids is 1. The largest absolute Gasteiger partial charge is 0.480 e. The minimum atomic E-state index is -3.75. The molecule has 0 radical (unpaired) electrons. The van der Waals surface area contributed by atoms with E-state index < -0.39 is 34.5 Å². The Morgan fingerprint density at radius 3 is 2.53 bits per heavy atom. The fourth-order valence-corrected chi connectivity index (χ4v) is 3.65. The van der Waals surface area contributed by atoms with Crippen LogP contribution in [0.25, 0.3) is 0 Å². The molecule has 1 heterocycles. The number of nitrogens with one attached hydrogen (secondary N) is 1. The number of hydrogen-bond acceptors (Lipinski definition) is 4. The summed E-state index contributed by atoms with van der Waals surface area (Å²) in [7, 11) is -3.75. The number of nitrogens with zero attached hydrogens (tertiary/aromatic N) is 1. The summed E-state index contributed by atoms with van der Waals surface area (Å²) < 4.78 is 25.1. The van der Waals surface area contributed by atoms with Gasteiger partial charge in [0.2, 0.25) is 15.9 Å². The Morgan fingerprint density at radius 2 is 2.05 bits per heavy atom. The first-order valence-electron chi connectivity index (χ1n) is 6.02. The van der Waals surface area contributed by atoms with E-state index in [-0.39, 0.29) is 17.7 Å². The zero-order chi connectivity index (χ0) is 14.8. The smallest absolute Gasteiger partial charge is 0.323 e. The molecular formula is C11H20N2O5S. The Morgan fingerprint density at radius 1 is 1.47 bits per heavy atom. The maximum Gasteiger partial charge on any atom is 0.323 e. The van der Waals surface area contributed by atoms with E-state index in [1.165, 1.54) is 0 Å². The molecule has 0 aromatic rings. The van der Waals surface area contributed by atoms with Crippen LogP contribution in [0.3, 0.4) is 0 Å². The molecule has 0 bridgehead atoms. The van der Waals surface area contributed by atoms with Crippen molar-refractivity contribution < 1.29 is 23.1 Å². The molecule has 0 saturated carbocycles. The van der Waals surface area contributed by atoms with Crippen molar-refractivity contribution in [2.24, 2.45) is 5.41 Å². The molecule has 1 atom stereocenters. The van der Waals surface area contributed by atoms with Gasteiger partial charge in [-0.2, -0.15) is 4.31 Å². The Bertz CT molecular complexity index is 466. The van der Waals surface area contributed by atoms with Crippen molar-refractivity contribution in [1.29, 1.82) is 0 Å². The van der Waals surface area contributed by atoms with Gasteiger partial charge in [-0.05, 0) is 11.8 Å². The van der Waals surface area contributed by atoms with E-state index in [2.05, 4.69) is 5.32 Å². The number of aliphatic carboxylic acids is 1. The molecule has 1 fully saturated rings. The summed E-state index contributed by atoms with van der Waals surface area (Å²) in [5.41, 5.74) is -0.177. The van der Waals surface area contributed by atoms with Crippen LogP contribution in [0, 0.1) is 5.41 Å². The molecule has 0 aromatic carbocycles. The van der Waals surface area contributed by atoms with Crippen LogP contribution in [0.5, 0.6) is 0 Å². The van der Waals surface area contributed by atoms with Gasteiger partial charge in [-0.3, -0.25) is 9.59 Å².